The number of imidazole rings is 1. The van der Waals surface area contributed by atoms with E-state index in [4.69, 9.17) is 14.6 Å². The molecule has 12 heteroatoms. The topological polar surface area (TPSA) is 110 Å². The lowest BCUT2D eigenvalue weighted by molar-refractivity contribution is -0.159. The summed E-state index contributed by atoms with van der Waals surface area (Å²) in [5, 5.41) is 9.10. The minimum atomic E-state index is -3.31. The van der Waals surface area contributed by atoms with Gasteiger partial charge in [-0.05, 0) is 12.1 Å². The van der Waals surface area contributed by atoms with Gasteiger partial charge in [0.05, 0.1) is 13.2 Å². The van der Waals surface area contributed by atoms with E-state index >= 15 is 0 Å². The molecule has 0 bridgehead atoms. The number of aliphatic hydroxyl groups excluding tert-OH is 1. The molecule has 0 atom stereocenters. The maximum atomic E-state index is 13.0. The van der Waals surface area contributed by atoms with E-state index < -0.39 is 17.4 Å². The molecule has 0 saturated heterocycles. The number of aromatic nitrogens is 4. The van der Waals surface area contributed by atoms with Gasteiger partial charge in [-0.3, -0.25) is 18.5 Å². The lowest BCUT2D eigenvalue weighted by Crippen LogP contribution is -2.40. The van der Waals surface area contributed by atoms with Gasteiger partial charge in [0.25, 0.3) is 11.6 Å². The summed E-state index contributed by atoms with van der Waals surface area (Å²) in [4.78, 5) is 29.1. The number of halogens is 2. The highest BCUT2D eigenvalue weighted by Gasteiger charge is 2.23. The Morgan fingerprint density at radius 2 is 1.77 bits per heavy atom. The molecule has 1 aromatic carbocycles. The lowest BCUT2D eigenvalue weighted by Gasteiger charge is -2.14. The van der Waals surface area contributed by atoms with E-state index in [1.807, 2.05) is 0 Å². The number of hydrogen-bond donors (Lipinski definition) is 1. The molecule has 2 heterocycles. The molecule has 31 heavy (non-hydrogen) atoms. The molecule has 2 aromatic heterocycles. The molecule has 0 aliphatic carbocycles. The van der Waals surface area contributed by atoms with Crippen molar-refractivity contribution in [2.24, 2.45) is 14.1 Å². The SMILES string of the molecule is Cn1c(OCCOc2cccc(OC(C)(F)F)c2)nc2c1c(=O)n(CCO)c(=O)n2C. The van der Waals surface area contributed by atoms with Crippen molar-refractivity contribution in [1.82, 2.24) is 18.7 Å². The molecule has 0 amide bonds. The number of fused-ring (bicyclic) bond motifs is 1. The molecule has 168 valence electrons. The molecule has 0 fully saturated rings. The first-order valence-electron chi connectivity index (χ1n) is 9.32. The second-order valence-corrected chi connectivity index (χ2v) is 6.73. The fraction of sp³-hybridized carbons (Fsp3) is 0.421. The van der Waals surface area contributed by atoms with Crippen LogP contribution in [0.2, 0.25) is 0 Å². The predicted octanol–water partition coefficient (Wildman–Crippen LogP) is 0.875. The van der Waals surface area contributed by atoms with E-state index in [-0.39, 0.29) is 49.3 Å². The molecule has 1 N–H and O–H groups in total. The van der Waals surface area contributed by atoms with Crippen LogP contribution in [-0.4, -0.2) is 49.7 Å². The van der Waals surface area contributed by atoms with Gasteiger partial charge >= 0.3 is 11.8 Å². The molecule has 0 aliphatic rings. The summed E-state index contributed by atoms with van der Waals surface area (Å²) >= 11 is 0. The number of ether oxygens (including phenoxy) is 3. The van der Waals surface area contributed by atoms with Crippen molar-refractivity contribution in [2.75, 3.05) is 19.8 Å². The second kappa shape index (κ2) is 8.76. The Balaban J connectivity index is 1.71. The van der Waals surface area contributed by atoms with Crippen LogP contribution in [0.5, 0.6) is 17.5 Å². The number of aryl methyl sites for hydroxylation is 2. The third kappa shape index (κ3) is 4.85. The van der Waals surface area contributed by atoms with E-state index in [1.54, 1.807) is 13.1 Å². The van der Waals surface area contributed by atoms with Gasteiger partial charge in [0.1, 0.15) is 24.7 Å². The number of rotatable bonds is 9. The van der Waals surface area contributed by atoms with Crippen LogP contribution < -0.4 is 25.5 Å². The normalized spacial score (nSPS) is 11.7. The third-order valence-corrected chi connectivity index (χ3v) is 4.33. The zero-order valence-corrected chi connectivity index (χ0v) is 17.2. The van der Waals surface area contributed by atoms with Gasteiger partial charge in [0.15, 0.2) is 11.2 Å². The van der Waals surface area contributed by atoms with Crippen LogP contribution in [0, 0.1) is 0 Å². The molecule has 0 spiro atoms. The Morgan fingerprint density at radius 3 is 2.45 bits per heavy atom. The first-order valence-corrected chi connectivity index (χ1v) is 9.32. The third-order valence-electron chi connectivity index (χ3n) is 4.33. The maximum Gasteiger partial charge on any atom is 0.394 e. The number of hydrogen-bond acceptors (Lipinski definition) is 7. The Morgan fingerprint density at radius 1 is 1.10 bits per heavy atom. The zero-order valence-electron chi connectivity index (χ0n) is 17.2. The van der Waals surface area contributed by atoms with E-state index in [9.17, 15) is 18.4 Å². The van der Waals surface area contributed by atoms with Crippen LogP contribution in [0.4, 0.5) is 8.78 Å². The highest BCUT2D eigenvalue weighted by molar-refractivity contribution is 5.71. The van der Waals surface area contributed by atoms with Gasteiger partial charge < -0.3 is 19.3 Å². The highest BCUT2D eigenvalue weighted by atomic mass is 19.3. The summed E-state index contributed by atoms with van der Waals surface area (Å²) in [7, 11) is 3.03. The van der Waals surface area contributed by atoms with E-state index in [1.165, 1.54) is 34.4 Å². The van der Waals surface area contributed by atoms with Crippen LogP contribution in [0.3, 0.4) is 0 Å². The maximum absolute atomic E-state index is 13.0. The molecule has 0 saturated carbocycles. The summed E-state index contributed by atoms with van der Waals surface area (Å²) in [6.45, 7) is 0.234. The van der Waals surface area contributed by atoms with Crippen molar-refractivity contribution in [2.45, 2.75) is 19.6 Å². The molecule has 3 aromatic rings. The van der Waals surface area contributed by atoms with Gasteiger partial charge in [-0.25, -0.2) is 4.79 Å². The minimum absolute atomic E-state index is 0.0327. The molecule has 0 aliphatic heterocycles. The fourth-order valence-corrected chi connectivity index (χ4v) is 2.98. The average molecular weight is 440 g/mol. The Bertz CT molecular complexity index is 1200. The van der Waals surface area contributed by atoms with Gasteiger partial charge in [-0.1, -0.05) is 6.07 Å². The number of nitrogens with zero attached hydrogens (tertiary/aromatic N) is 4. The van der Waals surface area contributed by atoms with E-state index in [0.717, 1.165) is 4.57 Å². The van der Waals surface area contributed by atoms with Crippen molar-refractivity contribution in [3.8, 4) is 17.5 Å². The summed E-state index contributed by atoms with van der Waals surface area (Å²) in [6.07, 6.45) is -3.31. The van der Waals surface area contributed by atoms with Crippen molar-refractivity contribution in [1.29, 1.82) is 0 Å². The smallest absolute Gasteiger partial charge is 0.394 e. The summed E-state index contributed by atoms with van der Waals surface area (Å²) in [5.41, 5.74) is -0.887. The monoisotopic (exact) mass is 440 g/mol. The molecule has 0 unspecified atom stereocenters. The van der Waals surface area contributed by atoms with Crippen LogP contribution in [0.25, 0.3) is 11.2 Å². The largest absolute Gasteiger partial charge is 0.490 e. The van der Waals surface area contributed by atoms with E-state index in [2.05, 4.69) is 9.72 Å². The van der Waals surface area contributed by atoms with Crippen molar-refractivity contribution in [3.63, 3.8) is 0 Å². The van der Waals surface area contributed by atoms with Gasteiger partial charge in [0, 0.05) is 27.1 Å². The lowest BCUT2D eigenvalue weighted by atomic mass is 10.3. The summed E-state index contributed by atoms with van der Waals surface area (Å²) < 4.78 is 45.0. The highest BCUT2D eigenvalue weighted by Crippen LogP contribution is 2.25. The van der Waals surface area contributed by atoms with Crippen LogP contribution in [-0.2, 0) is 20.6 Å². The number of aliphatic hydroxyl groups is 1. The van der Waals surface area contributed by atoms with Crippen molar-refractivity contribution in [3.05, 3.63) is 45.1 Å². The summed E-state index contributed by atoms with van der Waals surface area (Å²) in [6, 6.07) is 5.89. The minimum Gasteiger partial charge on any atom is -0.490 e. The van der Waals surface area contributed by atoms with Crippen LogP contribution in [0.15, 0.2) is 33.9 Å². The number of benzene rings is 1. The first-order chi connectivity index (χ1) is 14.6. The fourth-order valence-electron chi connectivity index (χ4n) is 2.98. The van der Waals surface area contributed by atoms with E-state index in [0.29, 0.717) is 12.7 Å². The van der Waals surface area contributed by atoms with Crippen LogP contribution in [0.1, 0.15) is 6.92 Å². The quantitative estimate of drug-likeness (QED) is 0.492. The average Bonchev–Trinajstić information content (AvgIpc) is 3.02. The van der Waals surface area contributed by atoms with Gasteiger partial charge in [0.2, 0.25) is 0 Å². The standard InChI is InChI=1S/C19H22F2N4O6/c1-19(20,21)31-13-6-4-5-12(11-13)29-9-10-30-17-22-15-14(23(17)2)16(27)25(7-8-26)18(28)24(15)3/h4-6,11,26H,7-10H2,1-3H3. The Hall–Kier alpha value is -3.41. The predicted molar refractivity (Wildman–Crippen MR) is 106 cm³/mol. The molecule has 0 radical (unpaired) electrons. The molecule has 3 rings (SSSR count). The zero-order chi connectivity index (χ0) is 22.8. The second-order valence-electron chi connectivity index (χ2n) is 6.73. The number of alkyl halides is 2. The van der Waals surface area contributed by atoms with Crippen molar-refractivity contribution < 1.29 is 28.1 Å². The van der Waals surface area contributed by atoms with Crippen LogP contribution >= 0.6 is 0 Å². The summed E-state index contributed by atoms with van der Waals surface area (Å²) in [5.74, 6) is 0.269. The van der Waals surface area contributed by atoms with Gasteiger partial charge in [-0.15, -0.1) is 0 Å². The Labute approximate surface area is 174 Å². The Kier molecular flexibility index (Phi) is 6.29. The molecular weight excluding hydrogens is 418 g/mol. The van der Waals surface area contributed by atoms with Crippen molar-refractivity contribution >= 4 is 11.2 Å². The first kappa shape index (κ1) is 22.3. The molecule has 10 nitrogen and oxygen atoms in total. The van der Waals surface area contributed by atoms with Gasteiger partial charge in [-0.2, -0.15) is 13.8 Å². The molecular formula is C19H22F2N4O6.